The summed E-state index contributed by atoms with van der Waals surface area (Å²) >= 11 is 1.73. The first-order valence-electron chi connectivity index (χ1n) is 5.77. The van der Waals surface area contributed by atoms with Gasteiger partial charge < -0.3 is 5.32 Å². The Morgan fingerprint density at radius 1 is 1.47 bits per heavy atom. The third kappa shape index (κ3) is 3.58. The molecule has 0 aliphatic rings. The van der Waals surface area contributed by atoms with Crippen molar-refractivity contribution in [1.29, 1.82) is 0 Å². The van der Waals surface area contributed by atoms with Crippen LogP contribution in [0.4, 0.5) is 0 Å². The minimum absolute atomic E-state index is 0.00398. The topological polar surface area (TPSA) is 24.9 Å². The Balaban J connectivity index is 2.62. The standard InChI is InChI=1S/C12H22N2S/c1-5-7-10(6-2)14-12(3,4)11-13-8-9-15-11/h8-10,14H,5-7H2,1-4H3. The van der Waals surface area contributed by atoms with E-state index in [1.54, 1.807) is 11.3 Å². The highest BCUT2D eigenvalue weighted by atomic mass is 32.1. The van der Waals surface area contributed by atoms with Gasteiger partial charge in [0.1, 0.15) is 5.01 Å². The predicted octanol–water partition coefficient (Wildman–Crippen LogP) is 3.55. The van der Waals surface area contributed by atoms with E-state index in [1.165, 1.54) is 24.3 Å². The lowest BCUT2D eigenvalue weighted by atomic mass is 10.0. The molecule has 1 atom stereocenters. The van der Waals surface area contributed by atoms with E-state index in [2.05, 4.69) is 38.0 Å². The first-order valence-corrected chi connectivity index (χ1v) is 6.65. The lowest BCUT2D eigenvalue weighted by Crippen LogP contribution is -2.43. The lowest BCUT2D eigenvalue weighted by Gasteiger charge is -2.29. The summed E-state index contributed by atoms with van der Waals surface area (Å²) in [5.41, 5.74) is 0.00398. The number of nitrogens with zero attached hydrogens (tertiary/aromatic N) is 1. The van der Waals surface area contributed by atoms with Crippen molar-refractivity contribution in [3.05, 3.63) is 16.6 Å². The maximum absolute atomic E-state index is 4.39. The Hall–Kier alpha value is -0.410. The van der Waals surface area contributed by atoms with Gasteiger partial charge in [-0.15, -0.1) is 11.3 Å². The van der Waals surface area contributed by atoms with Crippen LogP contribution >= 0.6 is 11.3 Å². The third-order valence-electron chi connectivity index (χ3n) is 2.66. The van der Waals surface area contributed by atoms with Crippen LogP contribution in [0.15, 0.2) is 11.6 Å². The Morgan fingerprint density at radius 2 is 2.20 bits per heavy atom. The number of hydrogen-bond acceptors (Lipinski definition) is 3. The van der Waals surface area contributed by atoms with E-state index >= 15 is 0 Å². The molecule has 0 aliphatic heterocycles. The van der Waals surface area contributed by atoms with E-state index in [4.69, 9.17) is 0 Å². The number of hydrogen-bond donors (Lipinski definition) is 1. The number of aromatic nitrogens is 1. The van der Waals surface area contributed by atoms with Crippen molar-refractivity contribution >= 4 is 11.3 Å². The molecule has 1 heterocycles. The van der Waals surface area contributed by atoms with Crippen molar-refractivity contribution in [3.63, 3.8) is 0 Å². The van der Waals surface area contributed by atoms with Crippen LogP contribution in [0, 0.1) is 0 Å². The zero-order valence-corrected chi connectivity index (χ0v) is 11.0. The molecule has 15 heavy (non-hydrogen) atoms. The number of nitrogens with one attached hydrogen (secondary N) is 1. The van der Waals surface area contributed by atoms with Crippen LogP contribution < -0.4 is 5.32 Å². The fraction of sp³-hybridized carbons (Fsp3) is 0.750. The van der Waals surface area contributed by atoms with Crippen LogP contribution in [0.2, 0.25) is 0 Å². The summed E-state index contributed by atoms with van der Waals surface area (Å²) in [6.45, 7) is 8.90. The normalized spacial score (nSPS) is 14.1. The SMILES string of the molecule is CCCC(CC)NC(C)(C)c1nccs1. The summed E-state index contributed by atoms with van der Waals surface area (Å²) in [6.07, 6.45) is 5.54. The summed E-state index contributed by atoms with van der Waals surface area (Å²) in [5, 5.41) is 6.91. The molecule has 1 aromatic heterocycles. The molecule has 86 valence electrons. The molecule has 0 amide bonds. The molecule has 0 aliphatic carbocycles. The van der Waals surface area contributed by atoms with Gasteiger partial charge in [-0.05, 0) is 26.7 Å². The quantitative estimate of drug-likeness (QED) is 0.802. The molecular weight excluding hydrogens is 204 g/mol. The molecule has 2 nitrogen and oxygen atoms in total. The summed E-state index contributed by atoms with van der Waals surface area (Å²) in [7, 11) is 0. The molecule has 1 aromatic rings. The summed E-state index contributed by atoms with van der Waals surface area (Å²) in [4.78, 5) is 4.39. The van der Waals surface area contributed by atoms with Gasteiger partial charge in [-0.25, -0.2) is 4.98 Å². The predicted molar refractivity (Wildman–Crippen MR) is 67.3 cm³/mol. The van der Waals surface area contributed by atoms with Crippen LogP contribution in [0.3, 0.4) is 0 Å². The highest BCUT2D eigenvalue weighted by Gasteiger charge is 2.25. The summed E-state index contributed by atoms with van der Waals surface area (Å²) < 4.78 is 0. The molecule has 0 spiro atoms. The smallest absolute Gasteiger partial charge is 0.112 e. The van der Waals surface area contributed by atoms with Crippen LogP contribution in [0.25, 0.3) is 0 Å². The zero-order chi connectivity index (χ0) is 11.3. The van der Waals surface area contributed by atoms with Gasteiger partial charge in [0.15, 0.2) is 0 Å². The maximum Gasteiger partial charge on any atom is 0.112 e. The highest BCUT2D eigenvalue weighted by Crippen LogP contribution is 2.23. The van der Waals surface area contributed by atoms with E-state index in [1.807, 2.05) is 11.6 Å². The average Bonchev–Trinajstić information content (AvgIpc) is 2.70. The molecule has 0 radical (unpaired) electrons. The van der Waals surface area contributed by atoms with E-state index in [0.29, 0.717) is 6.04 Å². The molecule has 1 N–H and O–H groups in total. The molecule has 0 fully saturated rings. The van der Waals surface area contributed by atoms with Crippen LogP contribution in [0.5, 0.6) is 0 Å². The van der Waals surface area contributed by atoms with E-state index in [-0.39, 0.29) is 5.54 Å². The van der Waals surface area contributed by atoms with E-state index in [9.17, 15) is 0 Å². The van der Waals surface area contributed by atoms with Crippen LogP contribution in [0.1, 0.15) is 52.0 Å². The fourth-order valence-electron chi connectivity index (χ4n) is 1.83. The first kappa shape index (κ1) is 12.7. The molecule has 1 rings (SSSR count). The molecule has 0 saturated heterocycles. The average molecular weight is 226 g/mol. The van der Waals surface area contributed by atoms with E-state index in [0.717, 1.165) is 0 Å². The van der Waals surface area contributed by atoms with Gasteiger partial charge in [-0.1, -0.05) is 20.3 Å². The summed E-state index contributed by atoms with van der Waals surface area (Å²) in [5.74, 6) is 0. The number of rotatable bonds is 6. The van der Waals surface area contributed by atoms with Gasteiger partial charge in [-0.2, -0.15) is 0 Å². The Labute approximate surface area is 97.1 Å². The Kier molecular flexibility index (Phi) is 4.74. The van der Waals surface area contributed by atoms with Crippen molar-refractivity contribution in [1.82, 2.24) is 10.3 Å². The molecule has 0 aromatic carbocycles. The second-order valence-corrected chi connectivity index (χ2v) is 5.40. The molecule has 0 saturated carbocycles. The lowest BCUT2D eigenvalue weighted by molar-refractivity contribution is 0.319. The Bertz CT molecular complexity index is 267. The summed E-state index contributed by atoms with van der Waals surface area (Å²) in [6, 6.07) is 0.605. The van der Waals surface area contributed by atoms with Gasteiger partial charge in [0.25, 0.3) is 0 Å². The fourth-order valence-corrected chi connectivity index (χ4v) is 2.56. The number of thiazole rings is 1. The van der Waals surface area contributed by atoms with Crippen molar-refractivity contribution in [3.8, 4) is 0 Å². The van der Waals surface area contributed by atoms with Crippen molar-refractivity contribution in [2.45, 2.75) is 58.5 Å². The minimum Gasteiger partial charge on any atom is -0.303 e. The Morgan fingerprint density at radius 3 is 2.67 bits per heavy atom. The monoisotopic (exact) mass is 226 g/mol. The third-order valence-corrected chi connectivity index (χ3v) is 3.76. The van der Waals surface area contributed by atoms with Crippen molar-refractivity contribution in [2.24, 2.45) is 0 Å². The zero-order valence-electron chi connectivity index (χ0n) is 10.2. The van der Waals surface area contributed by atoms with Gasteiger partial charge >= 0.3 is 0 Å². The minimum atomic E-state index is 0.00398. The second kappa shape index (κ2) is 5.61. The molecule has 3 heteroatoms. The maximum atomic E-state index is 4.39. The molecule has 0 bridgehead atoms. The van der Waals surface area contributed by atoms with Gasteiger partial charge in [-0.3, -0.25) is 0 Å². The van der Waals surface area contributed by atoms with E-state index < -0.39 is 0 Å². The second-order valence-electron chi connectivity index (χ2n) is 4.50. The van der Waals surface area contributed by atoms with Gasteiger partial charge in [0.2, 0.25) is 0 Å². The van der Waals surface area contributed by atoms with Crippen molar-refractivity contribution in [2.75, 3.05) is 0 Å². The molecular formula is C12H22N2S. The van der Waals surface area contributed by atoms with Gasteiger partial charge in [0, 0.05) is 17.6 Å². The largest absolute Gasteiger partial charge is 0.303 e. The first-order chi connectivity index (χ1) is 7.10. The van der Waals surface area contributed by atoms with Crippen LogP contribution in [-0.2, 0) is 5.54 Å². The van der Waals surface area contributed by atoms with Crippen LogP contribution in [-0.4, -0.2) is 11.0 Å². The highest BCUT2D eigenvalue weighted by molar-refractivity contribution is 7.09. The van der Waals surface area contributed by atoms with Crippen molar-refractivity contribution < 1.29 is 0 Å². The van der Waals surface area contributed by atoms with Gasteiger partial charge in [0.05, 0.1) is 5.54 Å². The molecule has 1 unspecified atom stereocenters.